The van der Waals surface area contributed by atoms with Crippen molar-refractivity contribution in [3.63, 3.8) is 0 Å². The number of phenols is 1. The molecule has 0 aliphatic heterocycles. The van der Waals surface area contributed by atoms with Crippen LogP contribution in [0.4, 0.5) is 4.39 Å². The van der Waals surface area contributed by atoms with Crippen molar-refractivity contribution in [3.8, 4) is 11.5 Å². The Balaban J connectivity index is 3.25. The van der Waals surface area contributed by atoms with Crippen LogP contribution in [0.15, 0.2) is 6.07 Å². The highest BCUT2D eigenvalue weighted by Gasteiger charge is 2.17. The average molecular weight is 236 g/mol. The minimum atomic E-state index is -0.849. The molecule has 4 nitrogen and oxygen atoms in total. The Morgan fingerprint density at radius 3 is 2.67 bits per heavy atom. The van der Waals surface area contributed by atoms with E-state index in [4.69, 9.17) is 21.5 Å². The molecule has 0 unspecified atom stereocenters. The Kier molecular flexibility index (Phi) is 3.73. The first-order chi connectivity index (χ1) is 6.97. The van der Waals surface area contributed by atoms with E-state index in [2.05, 4.69) is 0 Å². The predicted molar refractivity (Wildman–Crippen MR) is 52.9 cm³/mol. The van der Waals surface area contributed by atoms with Crippen LogP contribution in [0.1, 0.15) is 5.56 Å². The van der Waals surface area contributed by atoms with Crippen LogP contribution in [0.2, 0.25) is 5.02 Å². The molecule has 0 saturated carbocycles. The molecule has 0 fully saturated rings. The molecule has 2 N–H and O–H groups in total. The van der Waals surface area contributed by atoms with Gasteiger partial charge in [-0.15, -0.1) is 0 Å². The molecule has 0 bridgehead atoms. The van der Waals surface area contributed by atoms with E-state index in [-0.39, 0.29) is 17.3 Å². The molecule has 1 rings (SSSR count). The number of hydroxylamine groups is 2. The van der Waals surface area contributed by atoms with Crippen LogP contribution in [-0.4, -0.2) is 29.5 Å². The number of rotatable bonds is 3. The van der Waals surface area contributed by atoms with Gasteiger partial charge in [0.05, 0.1) is 13.7 Å². The Morgan fingerprint density at radius 2 is 2.20 bits per heavy atom. The zero-order valence-electron chi connectivity index (χ0n) is 8.29. The van der Waals surface area contributed by atoms with Crippen LogP contribution in [0, 0.1) is 5.82 Å². The molecule has 15 heavy (non-hydrogen) atoms. The summed E-state index contributed by atoms with van der Waals surface area (Å²) in [5, 5.41) is 18.9. The summed E-state index contributed by atoms with van der Waals surface area (Å²) in [7, 11) is 2.75. The van der Waals surface area contributed by atoms with Gasteiger partial charge in [-0.05, 0) is 6.07 Å². The normalized spacial score (nSPS) is 10.8. The minimum Gasteiger partial charge on any atom is -0.504 e. The quantitative estimate of drug-likeness (QED) is 0.787. The number of nitrogens with zero attached hydrogens (tertiary/aromatic N) is 1. The molecule has 1 aromatic carbocycles. The van der Waals surface area contributed by atoms with E-state index in [0.717, 1.165) is 11.1 Å². The fourth-order valence-electron chi connectivity index (χ4n) is 1.22. The number of hydrogen-bond donors (Lipinski definition) is 2. The Hall–Kier alpha value is -1.04. The maximum atomic E-state index is 13.1. The molecule has 6 heteroatoms. The topological polar surface area (TPSA) is 52.9 Å². The number of hydrogen-bond acceptors (Lipinski definition) is 4. The molecule has 0 saturated heterocycles. The molecule has 0 spiro atoms. The lowest BCUT2D eigenvalue weighted by Gasteiger charge is -2.14. The molecule has 0 aromatic heterocycles. The van der Waals surface area contributed by atoms with Gasteiger partial charge in [0.1, 0.15) is 10.8 Å². The van der Waals surface area contributed by atoms with Crippen LogP contribution >= 0.6 is 11.6 Å². The SMILES string of the molecule is COc1c(CN(C)O)cc(F)c(O)c1Cl. The van der Waals surface area contributed by atoms with E-state index in [9.17, 15) is 9.50 Å². The first kappa shape index (κ1) is 12.0. The van der Waals surface area contributed by atoms with Crippen molar-refractivity contribution >= 4 is 11.6 Å². The van der Waals surface area contributed by atoms with Crippen molar-refractivity contribution in [2.24, 2.45) is 0 Å². The van der Waals surface area contributed by atoms with Gasteiger partial charge >= 0.3 is 0 Å². The number of benzene rings is 1. The number of aromatic hydroxyl groups is 1. The highest BCUT2D eigenvalue weighted by molar-refractivity contribution is 6.33. The Labute approximate surface area is 91.4 Å². The lowest BCUT2D eigenvalue weighted by molar-refractivity contribution is -0.0736. The Bertz CT molecular complexity index is 371. The third-order valence-corrected chi connectivity index (χ3v) is 2.18. The van der Waals surface area contributed by atoms with Crippen LogP contribution < -0.4 is 4.74 Å². The van der Waals surface area contributed by atoms with E-state index in [0.29, 0.717) is 5.56 Å². The second-order valence-corrected chi connectivity index (χ2v) is 3.41. The predicted octanol–water partition coefficient (Wildman–Crippen LogP) is 2.01. The van der Waals surface area contributed by atoms with E-state index in [1.165, 1.54) is 14.2 Å². The van der Waals surface area contributed by atoms with Gasteiger partial charge in [-0.25, -0.2) is 4.39 Å². The average Bonchev–Trinajstić information content (AvgIpc) is 2.14. The number of methoxy groups -OCH3 is 1. The molecule has 0 aliphatic rings. The summed E-state index contributed by atoms with van der Waals surface area (Å²) in [6.45, 7) is 0.0418. The van der Waals surface area contributed by atoms with Crippen LogP contribution in [-0.2, 0) is 6.54 Å². The fourth-order valence-corrected chi connectivity index (χ4v) is 1.51. The van der Waals surface area contributed by atoms with Crippen molar-refractivity contribution in [1.29, 1.82) is 0 Å². The third kappa shape index (κ3) is 2.50. The fraction of sp³-hybridized carbons (Fsp3) is 0.333. The molecule has 0 amide bonds. The van der Waals surface area contributed by atoms with Gasteiger partial charge < -0.3 is 15.1 Å². The van der Waals surface area contributed by atoms with Crippen LogP contribution in [0.25, 0.3) is 0 Å². The molecule has 0 atom stereocenters. The lowest BCUT2D eigenvalue weighted by Crippen LogP contribution is -2.13. The van der Waals surface area contributed by atoms with Gasteiger partial charge in [-0.2, -0.15) is 5.06 Å². The summed E-state index contributed by atoms with van der Waals surface area (Å²) in [6, 6.07) is 1.06. The van der Waals surface area contributed by atoms with Crippen molar-refractivity contribution < 1.29 is 19.4 Å². The smallest absolute Gasteiger partial charge is 0.174 e. The number of halogens is 2. The second kappa shape index (κ2) is 4.65. The molecule has 0 radical (unpaired) electrons. The van der Waals surface area contributed by atoms with Gasteiger partial charge in [-0.3, -0.25) is 0 Å². The van der Waals surface area contributed by atoms with Crippen molar-refractivity contribution in [3.05, 3.63) is 22.5 Å². The standard InChI is InChI=1S/C9H11ClFNO3/c1-12(14)4-5-3-6(11)8(13)7(10)9(5)15-2/h3,13-14H,4H2,1-2H3. The zero-order chi connectivity index (χ0) is 11.6. The van der Waals surface area contributed by atoms with Gasteiger partial charge in [0.2, 0.25) is 0 Å². The summed E-state index contributed by atoms with van der Waals surface area (Å²) < 4.78 is 18.0. The van der Waals surface area contributed by atoms with E-state index < -0.39 is 11.6 Å². The summed E-state index contributed by atoms with van der Waals surface area (Å²) in [4.78, 5) is 0. The third-order valence-electron chi connectivity index (χ3n) is 1.83. The summed E-state index contributed by atoms with van der Waals surface area (Å²) >= 11 is 5.67. The second-order valence-electron chi connectivity index (χ2n) is 3.03. The van der Waals surface area contributed by atoms with Crippen LogP contribution in [0.5, 0.6) is 11.5 Å². The van der Waals surface area contributed by atoms with Gasteiger partial charge in [0.25, 0.3) is 0 Å². The lowest BCUT2D eigenvalue weighted by atomic mass is 10.1. The maximum absolute atomic E-state index is 13.1. The van der Waals surface area contributed by atoms with Crippen LogP contribution in [0.3, 0.4) is 0 Å². The molecule has 0 heterocycles. The molecule has 84 valence electrons. The molecular weight excluding hydrogens is 225 g/mol. The zero-order valence-corrected chi connectivity index (χ0v) is 9.05. The minimum absolute atomic E-state index is 0.0418. The van der Waals surface area contributed by atoms with Crippen molar-refractivity contribution in [2.75, 3.05) is 14.2 Å². The number of ether oxygens (including phenoxy) is 1. The Morgan fingerprint density at radius 1 is 1.60 bits per heavy atom. The first-order valence-electron chi connectivity index (χ1n) is 4.11. The van der Waals surface area contributed by atoms with Crippen molar-refractivity contribution in [1.82, 2.24) is 5.06 Å². The highest BCUT2D eigenvalue weighted by atomic mass is 35.5. The van der Waals surface area contributed by atoms with Crippen molar-refractivity contribution in [2.45, 2.75) is 6.54 Å². The molecular formula is C9H11ClFNO3. The van der Waals surface area contributed by atoms with Gasteiger partial charge in [0.15, 0.2) is 11.6 Å². The van der Waals surface area contributed by atoms with Gasteiger partial charge in [0, 0.05) is 12.6 Å². The summed E-state index contributed by atoms with van der Waals surface area (Å²) in [6.07, 6.45) is 0. The van der Waals surface area contributed by atoms with E-state index >= 15 is 0 Å². The van der Waals surface area contributed by atoms with E-state index in [1.54, 1.807) is 0 Å². The highest BCUT2D eigenvalue weighted by Crippen LogP contribution is 2.38. The maximum Gasteiger partial charge on any atom is 0.174 e. The largest absolute Gasteiger partial charge is 0.504 e. The van der Waals surface area contributed by atoms with E-state index in [1.807, 2.05) is 0 Å². The van der Waals surface area contributed by atoms with Gasteiger partial charge in [-0.1, -0.05) is 11.6 Å². The number of phenolic OH excluding ortho intramolecular Hbond substituents is 1. The summed E-state index contributed by atoms with van der Waals surface area (Å²) in [5.41, 5.74) is 0.350. The molecule has 0 aliphatic carbocycles. The monoisotopic (exact) mass is 235 g/mol. The molecule has 1 aromatic rings. The first-order valence-corrected chi connectivity index (χ1v) is 4.49. The summed E-state index contributed by atoms with van der Waals surface area (Å²) in [5.74, 6) is -1.35.